The first-order valence-electron chi connectivity index (χ1n) is 6.99. The zero-order valence-electron chi connectivity index (χ0n) is 13.4. The highest BCUT2D eigenvalue weighted by molar-refractivity contribution is 5.68. The highest BCUT2D eigenvalue weighted by Gasteiger charge is 2.37. The molecule has 0 aromatic rings. The largest absolute Gasteiger partial charge is 0.444 e. The molecule has 0 heterocycles. The summed E-state index contributed by atoms with van der Waals surface area (Å²) in [4.78, 5) is 14.0. The number of carbonyl (C=O) groups excluding carboxylic acids is 1. The average molecular weight is 288 g/mol. The van der Waals surface area contributed by atoms with Gasteiger partial charge >= 0.3 is 6.09 Å². The van der Waals surface area contributed by atoms with Gasteiger partial charge in [0.1, 0.15) is 12.4 Å². The van der Waals surface area contributed by atoms with Crippen LogP contribution in [0.4, 0.5) is 4.79 Å². The number of hydrogen-bond donors (Lipinski definition) is 1. The topological polar surface area (TPSA) is 60.0 Å². The molecule has 0 unspecified atom stereocenters. The zero-order chi connectivity index (χ0) is 15.3. The quantitative estimate of drug-likeness (QED) is 0.779. The van der Waals surface area contributed by atoms with Gasteiger partial charge < -0.3 is 24.4 Å². The molecule has 1 rings (SSSR count). The molecule has 0 aliphatic heterocycles. The van der Waals surface area contributed by atoms with Crippen molar-refractivity contribution >= 4 is 6.09 Å². The number of rotatable bonds is 5. The molecule has 3 atom stereocenters. The summed E-state index contributed by atoms with van der Waals surface area (Å²) in [7, 11) is 5.66. The van der Waals surface area contributed by atoms with E-state index in [0.29, 0.717) is 6.04 Å². The summed E-state index contributed by atoms with van der Waals surface area (Å²) < 4.78 is 15.9. The highest BCUT2D eigenvalue weighted by atomic mass is 16.7. The second-order valence-corrected chi connectivity index (χ2v) is 6.45. The predicted octanol–water partition coefficient (Wildman–Crippen LogP) is 1.59. The van der Waals surface area contributed by atoms with Gasteiger partial charge in [-0.25, -0.2) is 4.79 Å². The summed E-state index contributed by atoms with van der Waals surface area (Å²) in [5, 5.41) is 2.91. The van der Waals surface area contributed by atoms with Crippen molar-refractivity contribution in [1.29, 1.82) is 0 Å². The Morgan fingerprint density at radius 1 is 1.30 bits per heavy atom. The Hall–Kier alpha value is -0.850. The van der Waals surface area contributed by atoms with Crippen molar-refractivity contribution in [2.75, 3.05) is 28.0 Å². The number of alkyl carbamates (subject to hydrolysis) is 1. The lowest BCUT2D eigenvalue weighted by molar-refractivity contribution is -0.0780. The summed E-state index contributed by atoms with van der Waals surface area (Å²) in [6.45, 7) is 5.78. The minimum Gasteiger partial charge on any atom is -0.444 e. The molecule has 1 amide bonds. The van der Waals surface area contributed by atoms with Crippen molar-refractivity contribution in [2.45, 2.75) is 57.4 Å². The monoisotopic (exact) mass is 288 g/mol. The predicted molar refractivity (Wildman–Crippen MR) is 76.6 cm³/mol. The van der Waals surface area contributed by atoms with Crippen LogP contribution in [0.2, 0.25) is 0 Å². The van der Waals surface area contributed by atoms with Crippen LogP contribution < -0.4 is 5.32 Å². The number of hydrogen-bond acceptors (Lipinski definition) is 5. The molecule has 6 heteroatoms. The molecule has 118 valence electrons. The van der Waals surface area contributed by atoms with Crippen LogP contribution >= 0.6 is 0 Å². The van der Waals surface area contributed by atoms with Gasteiger partial charge in [0.25, 0.3) is 0 Å². The smallest absolute Gasteiger partial charge is 0.407 e. The first-order valence-corrected chi connectivity index (χ1v) is 6.99. The standard InChI is InChI=1S/C14H28N2O4/c1-14(2,3)20-13(17)15-11-7-10(16(4)5)8-12(11)19-9-18-6/h10-12H,7-9H2,1-6H3,(H,15,17)/t10-,11+,12+/m0/s1. The molecule has 1 saturated carbocycles. The first-order chi connectivity index (χ1) is 9.23. The fourth-order valence-electron chi connectivity index (χ4n) is 2.35. The molecule has 20 heavy (non-hydrogen) atoms. The fraction of sp³-hybridized carbons (Fsp3) is 0.929. The van der Waals surface area contributed by atoms with Crippen LogP contribution in [0.25, 0.3) is 0 Å². The van der Waals surface area contributed by atoms with Gasteiger partial charge in [-0.05, 0) is 47.7 Å². The van der Waals surface area contributed by atoms with Crippen molar-refractivity contribution in [2.24, 2.45) is 0 Å². The summed E-state index contributed by atoms with van der Waals surface area (Å²) in [5.41, 5.74) is -0.494. The van der Waals surface area contributed by atoms with E-state index >= 15 is 0 Å². The Balaban J connectivity index is 2.57. The van der Waals surface area contributed by atoms with E-state index in [1.54, 1.807) is 7.11 Å². The molecule has 0 spiro atoms. The van der Waals surface area contributed by atoms with Crippen molar-refractivity contribution in [3.05, 3.63) is 0 Å². The van der Waals surface area contributed by atoms with E-state index in [9.17, 15) is 4.79 Å². The van der Waals surface area contributed by atoms with Crippen LogP contribution in [0, 0.1) is 0 Å². The molecule has 1 aliphatic carbocycles. The Morgan fingerprint density at radius 3 is 2.45 bits per heavy atom. The summed E-state index contributed by atoms with van der Waals surface area (Å²) in [5.74, 6) is 0. The number of nitrogens with zero attached hydrogens (tertiary/aromatic N) is 1. The Bertz CT molecular complexity index is 315. The molecule has 1 N–H and O–H groups in total. The number of amides is 1. The molecule has 1 aliphatic rings. The van der Waals surface area contributed by atoms with E-state index < -0.39 is 11.7 Å². The van der Waals surface area contributed by atoms with Gasteiger partial charge in [0.15, 0.2) is 0 Å². The van der Waals surface area contributed by atoms with Gasteiger partial charge in [-0.3, -0.25) is 0 Å². The second-order valence-electron chi connectivity index (χ2n) is 6.45. The lowest BCUT2D eigenvalue weighted by atomic mass is 10.2. The van der Waals surface area contributed by atoms with E-state index in [1.165, 1.54) is 0 Å². The van der Waals surface area contributed by atoms with Crippen LogP contribution in [-0.4, -0.2) is 62.8 Å². The van der Waals surface area contributed by atoms with E-state index in [0.717, 1.165) is 12.8 Å². The van der Waals surface area contributed by atoms with Gasteiger partial charge in [0, 0.05) is 13.2 Å². The molecule has 0 aromatic heterocycles. The van der Waals surface area contributed by atoms with Crippen LogP contribution in [0.5, 0.6) is 0 Å². The Kier molecular flexibility index (Phi) is 6.23. The molecule has 0 saturated heterocycles. The number of methoxy groups -OCH3 is 1. The van der Waals surface area contributed by atoms with Crippen molar-refractivity contribution in [3.63, 3.8) is 0 Å². The van der Waals surface area contributed by atoms with Crippen LogP contribution in [0.1, 0.15) is 33.6 Å². The van der Waals surface area contributed by atoms with E-state index in [4.69, 9.17) is 14.2 Å². The number of carbonyl (C=O) groups is 1. The second kappa shape index (κ2) is 7.24. The van der Waals surface area contributed by atoms with Gasteiger partial charge in [0.05, 0.1) is 12.1 Å². The summed E-state index contributed by atoms with van der Waals surface area (Å²) in [6.07, 6.45) is 1.28. The van der Waals surface area contributed by atoms with Gasteiger partial charge in [0.2, 0.25) is 0 Å². The highest BCUT2D eigenvalue weighted by Crippen LogP contribution is 2.26. The molecule has 0 radical (unpaired) electrons. The van der Waals surface area contributed by atoms with E-state index in [2.05, 4.69) is 10.2 Å². The average Bonchev–Trinajstić information content (AvgIpc) is 2.67. The van der Waals surface area contributed by atoms with Crippen LogP contribution in [-0.2, 0) is 14.2 Å². The third-order valence-electron chi connectivity index (χ3n) is 3.31. The molecular weight excluding hydrogens is 260 g/mol. The van der Waals surface area contributed by atoms with Gasteiger partial charge in [-0.15, -0.1) is 0 Å². The maximum Gasteiger partial charge on any atom is 0.407 e. The lowest BCUT2D eigenvalue weighted by Gasteiger charge is -2.24. The van der Waals surface area contributed by atoms with Gasteiger partial charge in [-0.1, -0.05) is 0 Å². The van der Waals surface area contributed by atoms with Gasteiger partial charge in [-0.2, -0.15) is 0 Å². The summed E-state index contributed by atoms with van der Waals surface area (Å²) >= 11 is 0. The maximum atomic E-state index is 11.9. The molecule has 0 bridgehead atoms. The molecular formula is C14H28N2O4. The van der Waals surface area contributed by atoms with Crippen molar-refractivity contribution in [1.82, 2.24) is 10.2 Å². The third kappa shape index (κ3) is 5.64. The van der Waals surface area contributed by atoms with Crippen LogP contribution in [0.15, 0.2) is 0 Å². The zero-order valence-corrected chi connectivity index (χ0v) is 13.4. The van der Waals surface area contributed by atoms with E-state index in [-0.39, 0.29) is 18.9 Å². The number of nitrogens with one attached hydrogen (secondary N) is 1. The SMILES string of the molecule is COCO[C@@H]1C[C@@H](N(C)C)C[C@H]1NC(=O)OC(C)(C)C. The minimum absolute atomic E-state index is 0.0464. The van der Waals surface area contributed by atoms with Crippen LogP contribution in [0.3, 0.4) is 0 Å². The van der Waals surface area contributed by atoms with E-state index in [1.807, 2.05) is 34.9 Å². The fourth-order valence-corrected chi connectivity index (χ4v) is 2.35. The maximum absolute atomic E-state index is 11.9. The first kappa shape index (κ1) is 17.2. The Morgan fingerprint density at radius 2 is 1.95 bits per heavy atom. The third-order valence-corrected chi connectivity index (χ3v) is 3.31. The van der Waals surface area contributed by atoms with Crippen molar-refractivity contribution in [3.8, 4) is 0 Å². The number of ether oxygens (including phenoxy) is 3. The minimum atomic E-state index is -0.494. The molecule has 0 aromatic carbocycles. The van der Waals surface area contributed by atoms with Crippen molar-refractivity contribution < 1.29 is 19.0 Å². The summed E-state index contributed by atoms with van der Waals surface area (Å²) in [6, 6.07) is 0.337. The lowest BCUT2D eigenvalue weighted by Crippen LogP contribution is -2.44. The molecule has 6 nitrogen and oxygen atoms in total. The normalized spacial score (nSPS) is 26.9. The molecule has 1 fully saturated rings. The Labute approximate surface area is 121 Å².